The van der Waals surface area contributed by atoms with Gasteiger partial charge in [0.1, 0.15) is 5.82 Å². The molecule has 2 aromatic rings. The molecule has 1 aromatic carbocycles. The summed E-state index contributed by atoms with van der Waals surface area (Å²) in [5.74, 6) is 0.507. The molecular formula is C15H16BrN3O2. The molecule has 0 spiro atoms. The van der Waals surface area contributed by atoms with Gasteiger partial charge in [-0.1, -0.05) is 12.1 Å². The fraction of sp³-hybridized carbons (Fsp3) is 0.333. The molecule has 1 atom stereocenters. The number of anilines is 1. The number of halogens is 1. The van der Waals surface area contributed by atoms with Crippen molar-refractivity contribution in [3.05, 3.63) is 34.8 Å². The number of benzene rings is 1. The summed E-state index contributed by atoms with van der Waals surface area (Å²) in [6.45, 7) is 2.07. The molecule has 1 unspecified atom stereocenters. The second-order valence-electron chi connectivity index (χ2n) is 4.99. The molecule has 0 aliphatic carbocycles. The van der Waals surface area contributed by atoms with Gasteiger partial charge in [-0.3, -0.25) is 4.79 Å². The van der Waals surface area contributed by atoms with E-state index in [1.165, 1.54) is 0 Å². The summed E-state index contributed by atoms with van der Waals surface area (Å²) >= 11 is 3.48. The first-order valence-corrected chi connectivity index (χ1v) is 7.68. The molecule has 3 rings (SSSR count). The first kappa shape index (κ1) is 14.4. The highest BCUT2D eigenvalue weighted by molar-refractivity contribution is 9.10. The van der Waals surface area contributed by atoms with Gasteiger partial charge in [0.05, 0.1) is 18.7 Å². The number of morpholine rings is 1. The van der Waals surface area contributed by atoms with Gasteiger partial charge in [0.25, 0.3) is 0 Å². The lowest BCUT2D eigenvalue weighted by atomic mass is 10.2. The molecule has 1 amide bonds. The van der Waals surface area contributed by atoms with Crippen molar-refractivity contribution >= 4 is 38.6 Å². The molecule has 1 fully saturated rings. The normalized spacial score (nSPS) is 18.6. The lowest BCUT2D eigenvalue weighted by Crippen LogP contribution is -2.43. The summed E-state index contributed by atoms with van der Waals surface area (Å²) in [4.78, 5) is 16.5. The second kappa shape index (κ2) is 6.51. The maximum absolute atomic E-state index is 12.0. The number of hydrogen-bond acceptors (Lipinski definition) is 4. The Bertz CT molecular complexity index is 656. The number of ether oxygens (including phenoxy) is 1. The average molecular weight is 350 g/mol. The highest BCUT2D eigenvalue weighted by Crippen LogP contribution is 2.23. The largest absolute Gasteiger partial charge is 0.378 e. The van der Waals surface area contributed by atoms with Crippen molar-refractivity contribution in [2.45, 2.75) is 12.5 Å². The Balaban J connectivity index is 1.69. The molecular weight excluding hydrogens is 334 g/mol. The van der Waals surface area contributed by atoms with Crippen LogP contribution in [0.3, 0.4) is 0 Å². The highest BCUT2D eigenvalue weighted by atomic mass is 79.9. The molecule has 1 saturated heterocycles. The zero-order valence-corrected chi connectivity index (χ0v) is 13.0. The Kier molecular flexibility index (Phi) is 4.48. The Hall–Kier alpha value is -1.50. The van der Waals surface area contributed by atoms with Gasteiger partial charge >= 0.3 is 0 Å². The minimum atomic E-state index is -0.0584. The number of fused-ring (bicyclic) bond motifs is 1. The topological polar surface area (TPSA) is 63.2 Å². The quantitative estimate of drug-likeness (QED) is 0.892. The maximum atomic E-state index is 12.0. The molecule has 1 aliphatic heterocycles. The summed E-state index contributed by atoms with van der Waals surface area (Å²) in [6.07, 6.45) is 0.385. The predicted octanol–water partition coefficient (Wildman–Crippen LogP) is 2.31. The zero-order chi connectivity index (χ0) is 14.7. The Morgan fingerprint density at radius 3 is 3.14 bits per heavy atom. The summed E-state index contributed by atoms with van der Waals surface area (Å²) in [5, 5.41) is 7.14. The molecule has 2 heterocycles. The molecule has 0 saturated carbocycles. The standard InChI is InChI=1S/C15H16BrN3O2/c16-12-3-1-2-10-4-5-13(19-15(10)12)18-14(20)8-11-9-21-7-6-17-11/h1-5,11,17H,6-9H2,(H,18,19,20). The number of nitrogens with one attached hydrogen (secondary N) is 2. The number of amides is 1. The van der Waals surface area contributed by atoms with Crippen LogP contribution in [0.2, 0.25) is 0 Å². The highest BCUT2D eigenvalue weighted by Gasteiger charge is 2.17. The lowest BCUT2D eigenvalue weighted by molar-refractivity contribution is -0.117. The van der Waals surface area contributed by atoms with E-state index in [1.807, 2.05) is 30.3 Å². The number of aromatic nitrogens is 1. The van der Waals surface area contributed by atoms with Crippen LogP contribution in [-0.4, -0.2) is 36.7 Å². The monoisotopic (exact) mass is 349 g/mol. The Morgan fingerprint density at radius 2 is 2.33 bits per heavy atom. The van der Waals surface area contributed by atoms with Crippen LogP contribution >= 0.6 is 15.9 Å². The zero-order valence-electron chi connectivity index (χ0n) is 11.4. The molecule has 5 nitrogen and oxygen atoms in total. The van der Waals surface area contributed by atoms with E-state index in [2.05, 4.69) is 31.5 Å². The average Bonchev–Trinajstić information content (AvgIpc) is 2.49. The minimum Gasteiger partial charge on any atom is -0.378 e. The van der Waals surface area contributed by atoms with Gasteiger partial charge in [-0.15, -0.1) is 0 Å². The third-order valence-electron chi connectivity index (χ3n) is 3.37. The maximum Gasteiger partial charge on any atom is 0.227 e. The van der Waals surface area contributed by atoms with E-state index < -0.39 is 0 Å². The van der Waals surface area contributed by atoms with Gasteiger partial charge in [0.2, 0.25) is 5.91 Å². The van der Waals surface area contributed by atoms with Crippen molar-refractivity contribution in [3.63, 3.8) is 0 Å². The van der Waals surface area contributed by atoms with Crippen molar-refractivity contribution in [3.8, 4) is 0 Å². The number of rotatable bonds is 3. The Morgan fingerprint density at radius 1 is 1.43 bits per heavy atom. The number of nitrogens with zero attached hydrogens (tertiary/aromatic N) is 1. The molecule has 110 valence electrons. The third-order valence-corrected chi connectivity index (χ3v) is 4.01. The molecule has 6 heteroatoms. The molecule has 21 heavy (non-hydrogen) atoms. The van der Waals surface area contributed by atoms with Crippen LogP contribution < -0.4 is 10.6 Å². The number of carbonyl (C=O) groups is 1. The van der Waals surface area contributed by atoms with E-state index in [0.717, 1.165) is 21.9 Å². The predicted molar refractivity (Wildman–Crippen MR) is 85.3 cm³/mol. The van der Waals surface area contributed by atoms with E-state index in [4.69, 9.17) is 4.74 Å². The van der Waals surface area contributed by atoms with Crippen molar-refractivity contribution in [1.82, 2.24) is 10.3 Å². The number of pyridine rings is 1. The minimum absolute atomic E-state index is 0.0584. The lowest BCUT2D eigenvalue weighted by Gasteiger charge is -2.23. The van der Waals surface area contributed by atoms with E-state index in [1.54, 1.807) is 0 Å². The third kappa shape index (κ3) is 3.58. The van der Waals surface area contributed by atoms with E-state index in [-0.39, 0.29) is 11.9 Å². The second-order valence-corrected chi connectivity index (χ2v) is 5.84. The van der Waals surface area contributed by atoms with Gasteiger partial charge in [-0.05, 0) is 34.1 Å². The molecule has 2 N–H and O–H groups in total. The van der Waals surface area contributed by atoms with Crippen LogP contribution in [-0.2, 0) is 9.53 Å². The van der Waals surface area contributed by atoms with Crippen molar-refractivity contribution in [1.29, 1.82) is 0 Å². The van der Waals surface area contributed by atoms with Crippen molar-refractivity contribution in [2.24, 2.45) is 0 Å². The van der Waals surface area contributed by atoms with Crippen LogP contribution in [0, 0.1) is 0 Å². The van der Waals surface area contributed by atoms with Crippen LogP contribution in [0.25, 0.3) is 10.9 Å². The van der Waals surface area contributed by atoms with Crippen LogP contribution in [0.4, 0.5) is 5.82 Å². The summed E-state index contributed by atoms with van der Waals surface area (Å²) in [7, 11) is 0. The molecule has 1 aromatic heterocycles. The first-order chi connectivity index (χ1) is 10.2. The van der Waals surface area contributed by atoms with Gasteiger partial charge < -0.3 is 15.4 Å². The summed E-state index contributed by atoms with van der Waals surface area (Å²) in [5.41, 5.74) is 0.842. The van der Waals surface area contributed by atoms with Crippen LogP contribution in [0.5, 0.6) is 0 Å². The first-order valence-electron chi connectivity index (χ1n) is 6.88. The summed E-state index contributed by atoms with van der Waals surface area (Å²) in [6, 6.07) is 9.72. The van der Waals surface area contributed by atoms with Gasteiger partial charge in [-0.2, -0.15) is 0 Å². The van der Waals surface area contributed by atoms with E-state index in [0.29, 0.717) is 25.5 Å². The number of carbonyl (C=O) groups excluding carboxylic acids is 1. The van der Waals surface area contributed by atoms with Gasteiger partial charge in [-0.25, -0.2) is 4.98 Å². The molecule has 1 aliphatic rings. The smallest absolute Gasteiger partial charge is 0.227 e. The van der Waals surface area contributed by atoms with Crippen molar-refractivity contribution in [2.75, 3.05) is 25.1 Å². The van der Waals surface area contributed by atoms with E-state index in [9.17, 15) is 4.79 Å². The SMILES string of the molecule is O=C(CC1COCCN1)Nc1ccc2cccc(Br)c2n1. The van der Waals surface area contributed by atoms with Crippen LogP contribution in [0.15, 0.2) is 34.8 Å². The number of para-hydroxylation sites is 1. The van der Waals surface area contributed by atoms with Gasteiger partial charge in [0.15, 0.2) is 0 Å². The van der Waals surface area contributed by atoms with Crippen LogP contribution in [0.1, 0.15) is 6.42 Å². The van der Waals surface area contributed by atoms with Gasteiger partial charge in [0, 0.05) is 28.9 Å². The molecule has 0 bridgehead atoms. The Labute approximate surface area is 131 Å². The molecule has 0 radical (unpaired) electrons. The number of hydrogen-bond donors (Lipinski definition) is 2. The fourth-order valence-electron chi connectivity index (χ4n) is 2.35. The van der Waals surface area contributed by atoms with E-state index >= 15 is 0 Å². The fourth-order valence-corrected chi connectivity index (χ4v) is 2.82. The van der Waals surface area contributed by atoms with Crippen molar-refractivity contribution < 1.29 is 9.53 Å². The summed E-state index contributed by atoms with van der Waals surface area (Å²) < 4.78 is 6.26.